The van der Waals surface area contributed by atoms with Crippen molar-refractivity contribution in [1.29, 1.82) is 0 Å². The minimum Gasteiger partial charge on any atom is -0.508 e. The maximum Gasteiger partial charge on any atom is 0.238 e. The lowest BCUT2D eigenvalue weighted by molar-refractivity contribution is -0.134. The molecule has 1 amide bonds. The van der Waals surface area contributed by atoms with Gasteiger partial charge in [-0.1, -0.05) is 19.1 Å². The van der Waals surface area contributed by atoms with Crippen molar-refractivity contribution in [3.63, 3.8) is 0 Å². The number of carbonyl (C=O) groups excluding carboxylic acids is 1. The van der Waals surface area contributed by atoms with Crippen LogP contribution in [-0.2, 0) is 11.3 Å². The van der Waals surface area contributed by atoms with Gasteiger partial charge in [-0.2, -0.15) is 0 Å². The Morgan fingerprint density at radius 1 is 1.50 bits per heavy atom. The van der Waals surface area contributed by atoms with Crippen molar-refractivity contribution in [1.82, 2.24) is 4.90 Å². The zero-order chi connectivity index (χ0) is 13.1. The highest BCUT2D eigenvalue weighted by Gasteiger charge is 2.33. The van der Waals surface area contributed by atoms with Gasteiger partial charge in [0.1, 0.15) is 11.6 Å². The van der Waals surface area contributed by atoms with Crippen LogP contribution in [0.2, 0.25) is 0 Å². The number of rotatable bonds is 4. The lowest BCUT2D eigenvalue weighted by atomic mass is 9.80. The number of nitrogens with zero attached hydrogens (tertiary/aromatic N) is 1. The van der Waals surface area contributed by atoms with Gasteiger partial charge in [-0.3, -0.25) is 4.79 Å². The summed E-state index contributed by atoms with van der Waals surface area (Å²) < 4.78 is 0. The van der Waals surface area contributed by atoms with Crippen LogP contribution in [0.1, 0.15) is 25.3 Å². The van der Waals surface area contributed by atoms with Crippen LogP contribution in [0, 0.1) is 5.92 Å². The molecule has 0 aliphatic heterocycles. The molecule has 1 aromatic carbocycles. The summed E-state index contributed by atoms with van der Waals surface area (Å²) in [5, 5.41) is 9.44. The molecule has 0 radical (unpaired) electrons. The number of amides is 1. The van der Waals surface area contributed by atoms with Crippen LogP contribution in [0.15, 0.2) is 24.3 Å². The highest BCUT2D eigenvalue weighted by Crippen LogP contribution is 2.32. The summed E-state index contributed by atoms with van der Waals surface area (Å²) in [4.78, 5) is 13.7. The van der Waals surface area contributed by atoms with Crippen LogP contribution in [0.5, 0.6) is 5.75 Å². The summed E-state index contributed by atoms with van der Waals surface area (Å²) in [5.74, 6) is 0.901. The van der Waals surface area contributed by atoms with E-state index < -0.39 is 0 Å². The lowest BCUT2D eigenvalue weighted by Gasteiger charge is -2.41. The molecule has 1 aromatic rings. The fraction of sp³-hybridized carbons (Fsp3) is 0.500. The number of hydrogen-bond acceptors (Lipinski definition) is 2. The number of halogens is 1. The summed E-state index contributed by atoms with van der Waals surface area (Å²) in [6.45, 7) is 2.71. The van der Waals surface area contributed by atoms with E-state index in [1.54, 1.807) is 18.2 Å². The smallest absolute Gasteiger partial charge is 0.238 e. The van der Waals surface area contributed by atoms with Crippen LogP contribution < -0.4 is 0 Å². The van der Waals surface area contributed by atoms with Crippen molar-refractivity contribution in [3.05, 3.63) is 29.8 Å². The second kappa shape index (κ2) is 5.61. The second-order valence-electron chi connectivity index (χ2n) is 5.06. The Hall–Kier alpha value is -1.22. The molecular formula is C14H18ClNO2. The monoisotopic (exact) mass is 267 g/mol. The molecule has 0 bridgehead atoms. The minimum absolute atomic E-state index is 0.0176. The largest absolute Gasteiger partial charge is 0.508 e. The molecule has 4 heteroatoms. The number of carbonyl (C=O) groups is 1. The number of benzene rings is 1. The van der Waals surface area contributed by atoms with Crippen molar-refractivity contribution in [2.75, 3.05) is 5.88 Å². The average molecular weight is 268 g/mol. The van der Waals surface area contributed by atoms with Gasteiger partial charge in [0.2, 0.25) is 5.91 Å². The summed E-state index contributed by atoms with van der Waals surface area (Å²) in [6.07, 6.45) is 2.09. The topological polar surface area (TPSA) is 40.5 Å². The van der Waals surface area contributed by atoms with Crippen LogP contribution in [0.3, 0.4) is 0 Å². The maximum absolute atomic E-state index is 11.9. The maximum atomic E-state index is 11.9. The van der Waals surface area contributed by atoms with E-state index in [1.165, 1.54) is 0 Å². The summed E-state index contributed by atoms with van der Waals surface area (Å²) in [7, 11) is 0. The molecule has 1 aliphatic rings. The first kappa shape index (κ1) is 13.2. The van der Waals surface area contributed by atoms with Crippen LogP contribution in [0.25, 0.3) is 0 Å². The molecule has 3 nitrogen and oxygen atoms in total. The molecule has 0 saturated heterocycles. The zero-order valence-electron chi connectivity index (χ0n) is 10.5. The third-order valence-electron chi connectivity index (χ3n) is 3.49. The number of aromatic hydroxyl groups is 1. The molecule has 1 aliphatic carbocycles. The molecule has 2 rings (SSSR count). The number of phenols is 1. The SMILES string of the molecule is CC1CC(N(Cc2cccc(O)c2)C(=O)CCl)C1. The van der Waals surface area contributed by atoms with Gasteiger partial charge < -0.3 is 10.0 Å². The Morgan fingerprint density at radius 2 is 2.22 bits per heavy atom. The molecule has 0 heterocycles. The van der Waals surface area contributed by atoms with E-state index in [-0.39, 0.29) is 17.5 Å². The molecule has 1 saturated carbocycles. The normalized spacial score (nSPS) is 22.3. The van der Waals surface area contributed by atoms with E-state index in [1.807, 2.05) is 11.0 Å². The van der Waals surface area contributed by atoms with Crippen LogP contribution >= 0.6 is 11.6 Å². The van der Waals surface area contributed by atoms with Gasteiger partial charge in [0.25, 0.3) is 0 Å². The van der Waals surface area contributed by atoms with Gasteiger partial charge in [-0.05, 0) is 36.5 Å². The molecule has 1 fully saturated rings. The standard InChI is InChI=1S/C14H18ClNO2/c1-10-5-12(6-10)16(14(18)8-15)9-11-3-2-4-13(17)7-11/h2-4,7,10,12,17H,5-6,8-9H2,1H3. The molecule has 18 heavy (non-hydrogen) atoms. The van der Waals surface area contributed by atoms with Gasteiger partial charge in [-0.25, -0.2) is 0 Å². The van der Waals surface area contributed by atoms with E-state index in [4.69, 9.17) is 11.6 Å². The van der Waals surface area contributed by atoms with E-state index in [0.717, 1.165) is 18.4 Å². The third kappa shape index (κ3) is 2.96. The van der Waals surface area contributed by atoms with E-state index in [2.05, 4.69) is 6.92 Å². The molecule has 98 valence electrons. The Morgan fingerprint density at radius 3 is 2.78 bits per heavy atom. The Balaban J connectivity index is 2.07. The first-order valence-corrected chi connectivity index (χ1v) is 6.77. The predicted molar refractivity (Wildman–Crippen MR) is 71.6 cm³/mol. The van der Waals surface area contributed by atoms with E-state index in [9.17, 15) is 9.90 Å². The van der Waals surface area contributed by atoms with Crippen molar-refractivity contribution in [2.24, 2.45) is 5.92 Å². The predicted octanol–water partition coefficient (Wildman–Crippen LogP) is 2.76. The summed E-state index contributed by atoms with van der Waals surface area (Å²) in [6, 6.07) is 7.32. The molecule has 0 unspecified atom stereocenters. The van der Waals surface area contributed by atoms with Crippen LogP contribution in [0.4, 0.5) is 0 Å². The van der Waals surface area contributed by atoms with Gasteiger partial charge in [-0.15, -0.1) is 11.6 Å². The molecule has 1 N–H and O–H groups in total. The first-order chi connectivity index (χ1) is 8.60. The van der Waals surface area contributed by atoms with Crippen molar-refractivity contribution in [2.45, 2.75) is 32.4 Å². The average Bonchev–Trinajstić information content (AvgIpc) is 2.32. The van der Waals surface area contributed by atoms with E-state index >= 15 is 0 Å². The molecular weight excluding hydrogens is 250 g/mol. The minimum atomic E-state index is -0.0306. The zero-order valence-corrected chi connectivity index (χ0v) is 11.2. The van der Waals surface area contributed by atoms with Gasteiger partial charge in [0.15, 0.2) is 0 Å². The summed E-state index contributed by atoms with van der Waals surface area (Å²) >= 11 is 5.67. The van der Waals surface area contributed by atoms with Crippen LogP contribution in [-0.4, -0.2) is 27.8 Å². The van der Waals surface area contributed by atoms with E-state index in [0.29, 0.717) is 18.5 Å². The summed E-state index contributed by atoms with van der Waals surface area (Å²) in [5.41, 5.74) is 0.938. The highest BCUT2D eigenvalue weighted by atomic mass is 35.5. The third-order valence-corrected chi connectivity index (χ3v) is 3.72. The quantitative estimate of drug-likeness (QED) is 0.852. The van der Waals surface area contributed by atoms with Gasteiger partial charge in [0, 0.05) is 12.6 Å². The number of hydrogen-bond donors (Lipinski definition) is 1. The molecule has 0 atom stereocenters. The Kier molecular flexibility index (Phi) is 4.12. The Labute approximate surface area is 112 Å². The fourth-order valence-electron chi connectivity index (χ4n) is 2.46. The number of alkyl halides is 1. The Bertz CT molecular complexity index is 430. The number of phenolic OH excluding ortho intramolecular Hbond substituents is 1. The van der Waals surface area contributed by atoms with Gasteiger partial charge in [0.05, 0.1) is 0 Å². The molecule has 0 aromatic heterocycles. The fourth-order valence-corrected chi connectivity index (χ4v) is 2.62. The molecule has 0 spiro atoms. The van der Waals surface area contributed by atoms with Crippen molar-refractivity contribution >= 4 is 17.5 Å². The van der Waals surface area contributed by atoms with Crippen molar-refractivity contribution < 1.29 is 9.90 Å². The van der Waals surface area contributed by atoms with Crippen molar-refractivity contribution in [3.8, 4) is 5.75 Å². The lowest BCUT2D eigenvalue weighted by Crippen LogP contribution is -2.47. The second-order valence-corrected chi connectivity index (χ2v) is 5.32. The highest BCUT2D eigenvalue weighted by molar-refractivity contribution is 6.27. The van der Waals surface area contributed by atoms with Gasteiger partial charge >= 0.3 is 0 Å². The first-order valence-electron chi connectivity index (χ1n) is 6.23.